The molecule has 23 heavy (non-hydrogen) atoms. The molecule has 0 aromatic heterocycles. The van der Waals surface area contributed by atoms with Crippen molar-refractivity contribution >= 4 is 11.8 Å². The maximum Gasteiger partial charge on any atom is 0.251 e. The number of aryl methyl sites for hydroxylation is 1. The Morgan fingerprint density at radius 3 is 2.52 bits per heavy atom. The molecule has 2 rings (SSSR count). The molecule has 2 atom stereocenters. The first-order valence-corrected chi connectivity index (χ1v) is 8.24. The molecule has 1 aromatic carbocycles. The molecule has 126 valence electrons. The summed E-state index contributed by atoms with van der Waals surface area (Å²) in [6.07, 6.45) is 2.11. The normalized spacial score (nSPS) is 18.7. The molecule has 5 nitrogen and oxygen atoms in total. The topological polar surface area (TPSA) is 67.4 Å². The molecule has 1 aliphatic rings. The smallest absolute Gasteiger partial charge is 0.251 e. The Balaban J connectivity index is 1.92. The van der Waals surface area contributed by atoms with Crippen LogP contribution in [-0.4, -0.2) is 37.1 Å². The lowest BCUT2D eigenvalue weighted by Gasteiger charge is -2.22. The highest BCUT2D eigenvalue weighted by Gasteiger charge is 2.26. The van der Waals surface area contributed by atoms with Crippen molar-refractivity contribution in [1.82, 2.24) is 10.6 Å². The maximum atomic E-state index is 12.4. The van der Waals surface area contributed by atoms with E-state index in [-0.39, 0.29) is 23.8 Å². The van der Waals surface area contributed by atoms with E-state index < -0.39 is 6.04 Å². The van der Waals surface area contributed by atoms with Crippen LogP contribution in [0.25, 0.3) is 0 Å². The van der Waals surface area contributed by atoms with E-state index >= 15 is 0 Å². The summed E-state index contributed by atoms with van der Waals surface area (Å²) in [6, 6.07) is 6.76. The van der Waals surface area contributed by atoms with E-state index in [4.69, 9.17) is 4.74 Å². The van der Waals surface area contributed by atoms with Gasteiger partial charge in [0.05, 0.1) is 6.10 Å². The van der Waals surface area contributed by atoms with Crippen molar-refractivity contribution < 1.29 is 14.3 Å². The van der Waals surface area contributed by atoms with Crippen molar-refractivity contribution in [3.05, 3.63) is 35.4 Å². The fourth-order valence-electron chi connectivity index (χ4n) is 2.59. The Hall–Kier alpha value is -1.88. The Morgan fingerprint density at radius 2 is 1.96 bits per heavy atom. The first kappa shape index (κ1) is 17.5. The van der Waals surface area contributed by atoms with Crippen LogP contribution < -0.4 is 10.6 Å². The van der Waals surface area contributed by atoms with Crippen LogP contribution in [0.4, 0.5) is 0 Å². The average Bonchev–Trinajstić information content (AvgIpc) is 3.03. The lowest BCUT2D eigenvalue weighted by Crippen LogP contribution is -2.50. The third-order valence-corrected chi connectivity index (χ3v) is 4.08. The summed E-state index contributed by atoms with van der Waals surface area (Å²) in [6.45, 7) is 7.08. The Bertz CT molecular complexity index is 534. The average molecular weight is 318 g/mol. The molecule has 5 heteroatoms. The molecular weight excluding hydrogens is 292 g/mol. The molecule has 1 aliphatic heterocycles. The molecule has 1 fully saturated rings. The minimum absolute atomic E-state index is 0.00824. The molecule has 0 radical (unpaired) electrons. The standard InChI is InChI=1S/C18H26N2O3/c1-12(2)16(18(22)19-11-15-5-4-10-23-15)20-17(21)14-8-6-13(3)7-9-14/h6-9,12,15-16H,4-5,10-11H2,1-3H3,(H,19,22)(H,20,21)/t15-,16+/m0/s1. The van der Waals surface area contributed by atoms with Crippen molar-refractivity contribution in [3.8, 4) is 0 Å². The van der Waals surface area contributed by atoms with Gasteiger partial charge in [-0.2, -0.15) is 0 Å². The van der Waals surface area contributed by atoms with Crippen molar-refractivity contribution in [2.24, 2.45) is 5.92 Å². The van der Waals surface area contributed by atoms with Gasteiger partial charge in [-0.1, -0.05) is 31.5 Å². The van der Waals surface area contributed by atoms with Gasteiger partial charge < -0.3 is 15.4 Å². The first-order chi connectivity index (χ1) is 11.0. The summed E-state index contributed by atoms with van der Waals surface area (Å²) in [5.41, 5.74) is 1.66. The van der Waals surface area contributed by atoms with Crippen molar-refractivity contribution in [3.63, 3.8) is 0 Å². The first-order valence-electron chi connectivity index (χ1n) is 8.24. The van der Waals surface area contributed by atoms with Gasteiger partial charge in [-0.25, -0.2) is 0 Å². The van der Waals surface area contributed by atoms with Crippen LogP contribution >= 0.6 is 0 Å². The summed E-state index contributed by atoms with van der Waals surface area (Å²) in [7, 11) is 0. The predicted octanol–water partition coefficient (Wildman–Crippen LogP) is 2.04. The van der Waals surface area contributed by atoms with Gasteiger partial charge in [-0.15, -0.1) is 0 Å². The minimum Gasteiger partial charge on any atom is -0.376 e. The summed E-state index contributed by atoms with van der Waals surface area (Å²) in [5.74, 6) is -0.374. The highest BCUT2D eigenvalue weighted by Crippen LogP contribution is 2.11. The van der Waals surface area contributed by atoms with E-state index in [9.17, 15) is 9.59 Å². The largest absolute Gasteiger partial charge is 0.376 e. The second kappa shape index (κ2) is 8.11. The quantitative estimate of drug-likeness (QED) is 0.843. The van der Waals surface area contributed by atoms with Gasteiger partial charge in [0.2, 0.25) is 5.91 Å². The number of nitrogens with one attached hydrogen (secondary N) is 2. The molecule has 2 N–H and O–H groups in total. The van der Waals surface area contributed by atoms with Crippen LogP contribution in [0.5, 0.6) is 0 Å². The van der Waals surface area contributed by atoms with Crippen LogP contribution in [-0.2, 0) is 9.53 Å². The zero-order valence-electron chi connectivity index (χ0n) is 14.1. The van der Waals surface area contributed by atoms with E-state index in [0.29, 0.717) is 12.1 Å². The second-order valence-corrected chi connectivity index (χ2v) is 6.44. The number of ether oxygens (including phenoxy) is 1. The number of carbonyl (C=O) groups excluding carboxylic acids is 2. The number of benzene rings is 1. The number of rotatable bonds is 6. The van der Waals surface area contributed by atoms with Crippen LogP contribution in [0.3, 0.4) is 0 Å². The molecular formula is C18H26N2O3. The van der Waals surface area contributed by atoms with Gasteiger partial charge in [-0.05, 0) is 37.8 Å². The van der Waals surface area contributed by atoms with E-state index in [0.717, 1.165) is 25.0 Å². The van der Waals surface area contributed by atoms with E-state index in [2.05, 4.69) is 10.6 Å². The number of carbonyl (C=O) groups is 2. The molecule has 1 saturated heterocycles. The highest BCUT2D eigenvalue weighted by molar-refractivity contribution is 5.97. The van der Waals surface area contributed by atoms with Crippen molar-refractivity contribution in [1.29, 1.82) is 0 Å². The van der Waals surface area contributed by atoms with Crippen LogP contribution in [0.1, 0.15) is 42.6 Å². The van der Waals surface area contributed by atoms with Gasteiger partial charge in [-0.3, -0.25) is 9.59 Å². The van der Waals surface area contributed by atoms with Crippen LogP contribution in [0.15, 0.2) is 24.3 Å². The summed E-state index contributed by atoms with van der Waals surface area (Å²) < 4.78 is 5.50. The molecule has 0 spiro atoms. The van der Waals surface area contributed by atoms with Gasteiger partial charge in [0.15, 0.2) is 0 Å². The fourth-order valence-corrected chi connectivity index (χ4v) is 2.59. The lowest BCUT2D eigenvalue weighted by atomic mass is 10.0. The van der Waals surface area contributed by atoms with E-state index in [1.165, 1.54) is 0 Å². The SMILES string of the molecule is Cc1ccc(C(=O)N[C@@H](C(=O)NC[C@@H]2CCCO2)C(C)C)cc1. The molecule has 0 saturated carbocycles. The third kappa shape index (κ3) is 5.06. The Labute approximate surface area is 137 Å². The summed E-state index contributed by atoms with van der Waals surface area (Å²) >= 11 is 0. The highest BCUT2D eigenvalue weighted by atomic mass is 16.5. The number of hydrogen-bond acceptors (Lipinski definition) is 3. The molecule has 1 aromatic rings. The van der Waals surface area contributed by atoms with Crippen molar-refractivity contribution in [2.45, 2.75) is 45.8 Å². The number of amides is 2. The molecule has 2 amide bonds. The summed E-state index contributed by atoms with van der Waals surface area (Å²) in [4.78, 5) is 24.7. The number of hydrogen-bond donors (Lipinski definition) is 2. The fraction of sp³-hybridized carbons (Fsp3) is 0.556. The van der Waals surface area contributed by atoms with E-state index in [1.807, 2.05) is 32.9 Å². The van der Waals surface area contributed by atoms with Gasteiger partial charge in [0.25, 0.3) is 5.91 Å². The summed E-state index contributed by atoms with van der Waals surface area (Å²) in [5, 5.41) is 5.73. The monoisotopic (exact) mass is 318 g/mol. The zero-order chi connectivity index (χ0) is 16.8. The lowest BCUT2D eigenvalue weighted by molar-refractivity contribution is -0.124. The second-order valence-electron chi connectivity index (χ2n) is 6.44. The predicted molar refractivity (Wildman–Crippen MR) is 89.3 cm³/mol. The van der Waals surface area contributed by atoms with Crippen LogP contribution in [0.2, 0.25) is 0 Å². The van der Waals surface area contributed by atoms with Gasteiger partial charge in [0.1, 0.15) is 6.04 Å². The molecule has 0 aliphatic carbocycles. The van der Waals surface area contributed by atoms with Gasteiger partial charge >= 0.3 is 0 Å². The Morgan fingerprint density at radius 1 is 1.26 bits per heavy atom. The van der Waals surface area contributed by atoms with E-state index in [1.54, 1.807) is 12.1 Å². The minimum atomic E-state index is -0.551. The molecule has 0 unspecified atom stereocenters. The third-order valence-electron chi connectivity index (χ3n) is 4.08. The maximum absolute atomic E-state index is 12.4. The van der Waals surface area contributed by atoms with Crippen molar-refractivity contribution in [2.75, 3.05) is 13.2 Å². The van der Waals surface area contributed by atoms with Crippen LogP contribution in [0, 0.1) is 12.8 Å². The molecule has 1 heterocycles. The Kier molecular flexibility index (Phi) is 6.16. The zero-order valence-corrected chi connectivity index (χ0v) is 14.1. The van der Waals surface area contributed by atoms with Gasteiger partial charge in [0, 0.05) is 18.7 Å². The molecule has 0 bridgehead atoms.